The first kappa shape index (κ1) is 38.2. The molecule has 306 valence electrons. The molecule has 11 aromatic rings. The minimum atomic E-state index is -0.556. The van der Waals surface area contributed by atoms with Gasteiger partial charge in [0.15, 0.2) is 0 Å². The van der Waals surface area contributed by atoms with E-state index in [1.807, 2.05) is 6.08 Å². The summed E-state index contributed by atoms with van der Waals surface area (Å²) in [5.41, 5.74) is 15.1. The molecule has 1 aromatic heterocycles. The van der Waals surface area contributed by atoms with Crippen molar-refractivity contribution in [3.05, 3.63) is 283 Å². The number of furan rings is 1. The highest BCUT2D eigenvalue weighted by molar-refractivity contribution is 6.15. The van der Waals surface area contributed by atoms with Crippen molar-refractivity contribution in [2.75, 3.05) is 4.90 Å². The Morgan fingerprint density at radius 3 is 1.91 bits per heavy atom. The van der Waals surface area contributed by atoms with Gasteiger partial charge in [-0.25, -0.2) is 0 Å². The maximum absolute atomic E-state index is 6.59. The molecule has 0 radical (unpaired) electrons. The van der Waals surface area contributed by atoms with Gasteiger partial charge in [-0.15, -0.1) is 0 Å². The highest BCUT2D eigenvalue weighted by Gasteiger charge is 2.46. The molecule has 1 aliphatic rings. The second-order valence-electron chi connectivity index (χ2n) is 16.8. The number of para-hydroxylation sites is 1. The van der Waals surface area contributed by atoms with Gasteiger partial charge in [-0.2, -0.15) is 0 Å². The standard InChI is InChI=1S/C63H43NO/c1-2-49(28-18-23-44-22-17-21-43-19-9-11-29-51(43)44)64(60-34-16-14-30-52(60)46-36-40-61-57(41-46)56-38-35-45-20-10-12-31-53(45)62(56)65-61)50-37-39-55-54-32-13-15-33-58(54)63(59(55)42-50,47-24-5-3-6-25-47)48-26-7-4-8-27-48/h2-42H,1H2/b23-18+,49-28+. The number of hydrogen-bond donors (Lipinski definition) is 0. The van der Waals surface area contributed by atoms with Crippen molar-refractivity contribution in [3.63, 3.8) is 0 Å². The Kier molecular flexibility index (Phi) is 9.24. The van der Waals surface area contributed by atoms with Gasteiger partial charge in [-0.05, 0) is 109 Å². The summed E-state index contributed by atoms with van der Waals surface area (Å²) < 4.78 is 6.59. The first-order valence-corrected chi connectivity index (χ1v) is 22.3. The van der Waals surface area contributed by atoms with Crippen LogP contribution in [-0.4, -0.2) is 0 Å². The van der Waals surface area contributed by atoms with Gasteiger partial charge < -0.3 is 9.32 Å². The molecule has 0 bridgehead atoms. The Morgan fingerprint density at radius 1 is 0.477 bits per heavy atom. The lowest BCUT2D eigenvalue weighted by molar-refractivity contribution is 0.672. The zero-order valence-electron chi connectivity index (χ0n) is 35.7. The molecule has 10 aromatic carbocycles. The van der Waals surface area contributed by atoms with Gasteiger partial charge in [-0.3, -0.25) is 0 Å². The molecule has 0 spiro atoms. The monoisotopic (exact) mass is 829 g/mol. The van der Waals surface area contributed by atoms with Gasteiger partial charge in [0.2, 0.25) is 0 Å². The summed E-state index contributed by atoms with van der Waals surface area (Å²) in [5, 5.41) is 6.91. The SMILES string of the molecule is C=C/C(=C\C=C\c1cccc2ccccc12)N(c1ccc2c(c1)C(c1ccccc1)(c1ccccc1)c1ccccc1-2)c1ccccc1-c1ccc2oc3c4ccccc4ccc3c2c1. The highest BCUT2D eigenvalue weighted by atomic mass is 16.3. The van der Waals surface area contributed by atoms with Gasteiger partial charge in [0, 0.05) is 33.1 Å². The minimum absolute atomic E-state index is 0.556. The Balaban J connectivity index is 1.09. The first-order valence-electron chi connectivity index (χ1n) is 22.3. The molecule has 0 amide bonds. The lowest BCUT2D eigenvalue weighted by atomic mass is 9.67. The van der Waals surface area contributed by atoms with Crippen molar-refractivity contribution < 1.29 is 4.42 Å². The largest absolute Gasteiger partial charge is 0.455 e. The Labute approximate surface area is 379 Å². The fourth-order valence-electron chi connectivity index (χ4n) is 10.5. The minimum Gasteiger partial charge on any atom is -0.455 e. The number of nitrogens with zero attached hydrogens (tertiary/aromatic N) is 1. The molecule has 0 fully saturated rings. The number of benzene rings is 10. The van der Waals surface area contributed by atoms with E-state index < -0.39 is 5.41 Å². The van der Waals surface area contributed by atoms with E-state index in [-0.39, 0.29) is 0 Å². The number of fused-ring (bicyclic) bond motifs is 9. The fraction of sp³-hybridized carbons (Fsp3) is 0.0159. The molecule has 65 heavy (non-hydrogen) atoms. The van der Waals surface area contributed by atoms with Gasteiger partial charge >= 0.3 is 0 Å². The molecular formula is C63H43NO. The van der Waals surface area contributed by atoms with E-state index in [2.05, 4.69) is 254 Å². The summed E-state index contributed by atoms with van der Waals surface area (Å²) in [4.78, 5) is 2.38. The van der Waals surface area contributed by atoms with Crippen LogP contribution < -0.4 is 4.90 Å². The quantitative estimate of drug-likeness (QED) is 0.135. The molecule has 0 saturated heterocycles. The predicted octanol–water partition coefficient (Wildman–Crippen LogP) is 16.8. The van der Waals surface area contributed by atoms with Gasteiger partial charge in [0.05, 0.1) is 11.1 Å². The van der Waals surface area contributed by atoms with Crippen molar-refractivity contribution in [1.82, 2.24) is 0 Å². The molecule has 1 aliphatic carbocycles. The van der Waals surface area contributed by atoms with Crippen LogP contribution >= 0.6 is 0 Å². The van der Waals surface area contributed by atoms with Crippen LogP contribution in [0.2, 0.25) is 0 Å². The van der Waals surface area contributed by atoms with E-state index in [0.717, 1.165) is 61.1 Å². The maximum Gasteiger partial charge on any atom is 0.143 e. The van der Waals surface area contributed by atoms with Crippen molar-refractivity contribution >= 4 is 60.9 Å². The normalized spacial score (nSPS) is 13.1. The van der Waals surface area contributed by atoms with Crippen LogP contribution in [-0.2, 0) is 5.41 Å². The van der Waals surface area contributed by atoms with E-state index in [4.69, 9.17) is 4.42 Å². The predicted molar refractivity (Wildman–Crippen MR) is 274 cm³/mol. The van der Waals surface area contributed by atoms with E-state index in [1.165, 1.54) is 49.5 Å². The Hall–Kier alpha value is -8.46. The van der Waals surface area contributed by atoms with Crippen LogP contribution in [0.3, 0.4) is 0 Å². The summed E-state index contributed by atoms with van der Waals surface area (Å²) in [7, 11) is 0. The molecule has 0 unspecified atom stereocenters. The van der Waals surface area contributed by atoms with E-state index >= 15 is 0 Å². The molecule has 0 atom stereocenters. The summed E-state index contributed by atoms with van der Waals surface area (Å²) in [6, 6.07) is 81.1. The van der Waals surface area contributed by atoms with Crippen LogP contribution in [0.4, 0.5) is 11.4 Å². The summed E-state index contributed by atoms with van der Waals surface area (Å²) in [5.74, 6) is 0. The summed E-state index contributed by atoms with van der Waals surface area (Å²) in [6.07, 6.45) is 8.52. The lowest BCUT2D eigenvalue weighted by Gasteiger charge is -2.35. The topological polar surface area (TPSA) is 16.4 Å². The average molecular weight is 830 g/mol. The van der Waals surface area contributed by atoms with E-state index in [1.54, 1.807) is 0 Å². The number of hydrogen-bond acceptors (Lipinski definition) is 2. The van der Waals surface area contributed by atoms with Crippen molar-refractivity contribution in [1.29, 1.82) is 0 Å². The van der Waals surface area contributed by atoms with Crippen LogP contribution in [0.25, 0.3) is 71.8 Å². The Morgan fingerprint density at radius 2 is 1.12 bits per heavy atom. The zero-order chi connectivity index (χ0) is 43.3. The zero-order valence-corrected chi connectivity index (χ0v) is 35.7. The van der Waals surface area contributed by atoms with Gasteiger partial charge in [0.25, 0.3) is 0 Å². The summed E-state index contributed by atoms with van der Waals surface area (Å²) in [6.45, 7) is 4.48. The molecular weight excluding hydrogens is 787 g/mol. The molecule has 12 rings (SSSR count). The van der Waals surface area contributed by atoms with Crippen molar-refractivity contribution in [2.24, 2.45) is 0 Å². The average Bonchev–Trinajstić information content (AvgIpc) is 3.90. The fourth-order valence-corrected chi connectivity index (χ4v) is 10.5. The number of anilines is 2. The first-order chi connectivity index (χ1) is 32.2. The third-order valence-electron chi connectivity index (χ3n) is 13.4. The van der Waals surface area contributed by atoms with Crippen LogP contribution in [0.15, 0.2) is 259 Å². The third kappa shape index (κ3) is 6.18. The van der Waals surface area contributed by atoms with E-state index in [9.17, 15) is 0 Å². The smallest absolute Gasteiger partial charge is 0.143 e. The second kappa shape index (κ2) is 15.7. The molecule has 0 saturated carbocycles. The molecule has 2 nitrogen and oxygen atoms in total. The van der Waals surface area contributed by atoms with Crippen molar-refractivity contribution in [2.45, 2.75) is 5.41 Å². The molecule has 1 heterocycles. The van der Waals surface area contributed by atoms with Crippen molar-refractivity contribution in [3.8, 4) is 22.3 Å². The third-order valence-corrected chi connectivity index (χ3v) is 13.4. The van der Waals surface area contributed by atoms with Crippen LogP contribution in [0.1, 0.15) is 27.8 Å². The molecule has 0 aliphatic heterocycles. The highest BCUT2D eigenvalue weighted by Crippen LogP contribution is 2.57. The second-order valence-corrected chi connectivity index (χ2v) is 16.8. The molecule has 2 heteroatoms. The lowest BCUT2D eigenvalue weighted by Crippen LogP contribution is -2.29. The van der Waals surface area contributed by atoms with E-state index in [0.29, 0.717) is 0 Å². The number of rotatable bonds is 9. The summed E-state index contributed by atoms with van der Waals surface area (Å²) >= 11 is 0. The van der Waals surface area contributed by atoms with Crippen LogP contribution in [0, 0.1) is 0 Å². The number of allylic oxidation sites excluding steroid dienone is 3. The van der Waals surface area contributed by atoms with Gasteiger partial charge in [-0.1, -0.05) is 207 Å². The molecule has 0 N–H and O–H groups in total. The Bertz CT molecular complexity index is 3640. The maximum atomic E-state index is 6.59. The van der Waals surface area contributed by atoms with Crippen LogP contribution in [0.5, 0.6) is 0 Å². The van der Waals surface area contributed by atoms with Gasteiger partial charge in [0.1, 0.15) is 11.2 Å².